The molecule has 0 rings (SSSR count). The van der Waals surface area contributed by atoms with Gasteiger partial charge in [-0.15, -0.1) is 0 Å². The molecule has 0 aromatic carbocycles. The molecule has 1 nitrogen and oxygen atoms in total. The Balaban J connectivity index is 3.47. The van der Waals surface area contributed by atoms with Gasteiger partial charge in [0.25, 0.3) is 0 Å². The molecule has 0 radical (unpaired) electrons. The monoisotopic (exact) mass is 171 g/mol. The predicted octanol–water partition coefficient (Wildman–Crippen LogP) is 2.39. The van der Waals surface area contributed by atoms with Gasteiger partial charge in [0.05, 0.1) is 0 Å². The van der Waals surface area contributed by atoms with E-state index in [2.05, 4.69) is 37.0 Å². The van der Waals surface area contributed by atoms with Gasteiger partial charge in [-0.25, -0.2) is 0 Å². The van der Waals surface area contributed by atoms with Crippen LogP contribution < -0.4 is 0 Å². The zero-order chi connectivity index (χ0) is 8.53. The van der Waals surface area contributed by atoms with Crippen molar-refractivity contribution < 1.29 is 0 Å². The van der Waals surface area contributed by atoms with E-state index in [1.165, 1.54) is 6.42 Å². The molecule has 0 N–H and O–H groups in total. The van der Waals surface area contributed by atoms with Crippen LogP contribution in [0.1, 0.15) is 27.2 Å². The summed E-state index contributed by atoms with van der Waals surface area (Å²) in [5.74, 6) is 1.15. The van der Waals surface area contributed by atoms with E-state index in [9.17, 15) is 0 Å². The quantitative estimate of drug-likeness (QED) is 0.363. The summed E-state index contributed by atoms with van der Waals surface area (Å²) < 4.78 is 0. The van der Waals surface area contributed by atoms with Crippen LogP contribution in [-0.4, -0.2) is 23.7 Å². The summed E-state index contributed by atoms with van der Waals surface area (Å²) in [6.45, 7) is 8.48. The molecular formula is C9H17NS. The first kappa shape index (κ1) is 10.7. The second-order valence-corrected chi connectivity index (χ2v) is 3.14. The van der Waals surface area contributed by atoms with Crippen molar-refractivity contribution in [1.82, 2.24) is 4.90 Å². The lowest BCUT2D eigenvalue weighted by atomic mass is 10.6. The molecule has 0 heterocycles. The Kier molecular flexibility index (Phi) is 7.61. The molecule has 0 saturated carbocycles. The summed E-state index contributed by atoms with van der Waals surface area (Å²) in [4.78, 5) is 2.11. The molecule has 2 heteroatoms. The van der Waals surface area contributed by atoms with Crippen LogP contribution in [0.3, 0.4) is 0 Å². The summed E-state index contributed by atoms with van der Waals surface area (Å²) in [6, 6.07) is 3.10. The van der Waals surface area contributed by atoms with E-state index in [0.717, 1.165) is 18.8 Å². The fraction of sp³-hybridized carbons (Fsp3) is 0.778. The van der Waals surface area contributed by atoms with E-state index < -0.39 is 0 Å². The Morgan fingerprint density at radius 2 is 1.82 bits per heavy atom. The van der Waals surface area contributed by atoms with Crippen LogP contribution in [0.5, 0.6) is 0 Å². The van der Waals surface area contributed by atoms with Gasteiger partial charge in [-0.2, -0.15) is 0 Å². The van der Waals surface area contributed by atoms with Crippen LogP contribution in [0.25, 0.3) is 0 Å². The fourth-order valence-corrected chi connectivity index (χ4v) is 1.13. The Morgan fingerprint density at radius 3 is 2.27 bits per heavy atom. The summed E-state index contributed by atoms with van der Waals surface area (Å²) in [5.41, 5.74) is 0. The van der Waals surface area contributed by atoms with Crippen molar-refractivity contribution in [2.45, 2.75) is 27.2 Å². The molecule has 0 atom stereocenters. The Hall–Kier alpha value is -0.290. The maximum atomic E-state index is 3.10. The molecule has 0 spiro atoms. The van der Waals surface area contributed by atoms with Gasteiger partial charge in [0.2, 0.25) is 0 Å². The molecule has 0 aromatic heterocycles. The van der Waals surface area contributed by atoms with Crippen molar-refractivity contribution in [2.75, 3.05) is 18.8 Å². The van der Waals surface area contributed by atoms with Gasteiger partial charge in [-0.1, -0.05) is 18.7 Å². The zero-order valence-electron chi connectivity index (χ0n) is 7.68. The minimum atomic E-state index is 1.02. The highest BCUT2D eigenvalue weighted by Crippen LogP contribution is 1.98. The highest BCUT2D eigenvalue weighted by molar-refractivity contribution is 8.03. The number of hydrogen-bond acceptors (Lipinski definition) is 2. The van der Waals surface area contributed by atoms with E-state index in [-0.39, 0.29) is 0 Å². The SMILES string of the molecule is CCCSC#CN(CC)CC. The smallest absolute Gasteiger partial charge is 0.0232 e. The molecule has 0 fully saturated rings. The van der Waals surface area contributed by atoms with Crippen LogP contribution in [0.2, 0.25) is 0 Å². The van der Waals surface area contributed by atoms with E-state index in [0.29, 0.717) is 0 Å². The van der Waals surface area contributed by atoms with Gasteiger partial charge in [-0.05, 0) is 25.5 Å². The van der Waals surface area contributed by atoms with Crippen molar-refractivity contribution in [3.8, 4) is 11.3 Å². The van der Waals surface area contributed by atoms with E-state index in [4.69, 9.17) is 0 Å². The highest BCUT2D eigenvalue weighted by Gasteiger charge is 1.87. The van der Waals surface area contributed by atoms with E-state index >= 15 is 0 Å². The lowest BCUT2D eigenvalue weighted by molar-refractivity contribution is 0.444. The van der Waals surface area contributed by atoms with Crippen molar-refractivity contribution in [3.63, 3.8) is 0 Å². The number of rotatable bonds is 4. The first-order chi connectivity index (χ1) is 5.35. The Morgan fingerprint density at radius 1 is 1.18 bits per heavy atom. The summed E-state index contributed by atoms with van der Waals surface area (Å²) in [5, 5.41) is 3.08. The molecule has 0 amide bonds. The third-order valence-electron chi connectivity index (χ3n) is 1.35. The highest BCUT2D eigenvalue weighted by atomic mass is 32.2. The van der Waals surface area contributed by atoms with Crippen molar-refractivity contribution in [3.05, 3.63) is 0 Å². The van der Waals surface area contributed by atoms with Crippen LogP contribution in [-0.2, 0) is 0 Å². The number of nitrogens with zero attached hydrogens (tertiary/aromatic N) is 1. The molecule has 0 unspecified atom stereocenters. The molecular weight excluding hydrogens is 154 g/mol. The molecule has 64 valence electrons. The van der Waals surface area contributed by atoms with Gasteiger partial charge in [-0.3, -0.25) is 0 Å². The summed E-state index contributed by atoms with van der Waals surface area (Å²) in [6.07, 6.45) is 1.21. The third kappa shape index (κ3) is 6.12. The van der Waals surface area contributed by atoms with E-state index in [1.807, 2.05) is 0 Å². The van der Waals surface area contributed by atoms with Crippen molar-refractivity contribution in [1.29, 1.82) is 0 Å². The van der Waals surface area contributed by atoms with Crippen LogP contribution in [0.15, 0.2) is 0 Å². The lowest BCUT2D eigenvalue weighted by Crippen LogP contribution is -2.15. The van der Waals surface area contributed by atoms with Crippen molar-refractivity contribution >= 4 is 11.8 Å². The van der Waals surface area contributed by atoms with Gasteiger partial charge >= 0.3 is 0 Å². The first-order valence-electron chi connectivity index (χ1n) is 4.22. The Labute approximate surface area is 74.5 Å². The zero-order valence-corrected chi connectivity index (χ0v) is 8.50. The second-order valence-electron chi connectivity index (χ2n) is 2.23. The van der Waals surface area contributed by atoms with Gasteiger partial charge in [0.15, 0.2) is 0 Å². The van der Waals surface area contributed by atoms with Crippen LogP contribution >= 0.6 is 11.8 Å². The molecule has 0 aliphatic carbocycles. The van der Waals surface area contributed by atoms with Gasteiger partial charge < -0.3 is 4.90 Å². The topological polar surface area (TPSA) is 3.24 Å². The fourth-order valence-electron chi connectivity index (χ4n) is 0.632. The molecule has 0 saturated heterocycles. The summed E-state index contributed by atoms with van der Waals surface area (Å²) >= 11 is 1.71. The van der Waals surface area contributed by atoms with Crippen molar-refractivity contribution in [2.24, 2.45) is 0 Å². The number of hydrogen-bond donors (Lipinski definition) is 0. The Bertz CT molecular complexity index is 130. The maximum Gasteiger partial charge on any atom is 0.0232 e. The predicted molar refractivity (Wildman–Crippen MR) is 53.4 cm³/mol. The molecule has 0 aromatic rings. The van der Waals surface area contributed by atoms with Crippen LogP contribution in [0, 0.1) is 11.3 Å². The first-order valence-corrected chi connectivity index (χ1v) is 5.21. The second kappa shape index (κ2) is 7.81. The van der Waals surface area contributed by atoms with Gasteiger partial charge in [0.1, 0.15) is 0 Å². The molecule has 0 bridgehead atoms. The normalized spacial score (nSPS) is 8.64. The van der Waals surface area contributed by atoms with E-state index in [1.54, 1.807) is 11.8 Å². The number of thioether (sulfide) groups is 1. The molecule has 0 aliphatic rings. The minimum Gasteiger partial charge on any atom is -0.332 e. The van der Waals surface area contributed by atoms with Gasteiger partial charge in [0, 0.05) is 24.9 Å². The summed E-state index contributed by atoms with van der Waals surface area (Å²) in [7, 11) is 0. The molecule has 11 heavy (non-hydrogen) atoms. The largest absolute Gasteiger partial charge is 0.332 e. The average Bonchev–Trinajstić information content (AvgIpc) is 2.05. The van der Waals surface area contributed by atoms with Crippen LogP contribution in [0.4, 0.5) is 0 Å². The lowest BCUT2D eigenvalue weighted by Gasteiger charge is -2.09. The third-order valence-corrected chi connectivity index (χ3v) is 2.19. The minimum absolute atomic E-state index is 1.02. The standard InChI is InChI=1S/C9H17NS/c1-4-8-11-9-7-10(5-2)6-3/h4-6,8H2,1-3H3. The average molecular weight is 171 g/mol. The molecule has 0 aliphatic heterocycles. The maximum absolute atomic E-state index is 3.10.